The summed E-state index contributed by atoms with van der Waals surface area (Å²) in [4.78, 5) is 29.5. The molecule has 4 aromatic rings. The van der Waals surface area contributed by atoms with E-state index in [1.54, 1.807) is 0 Å². The summed E-state index contributed by atoms with van der Waals surface area (Å²) >= 11 is 0. The zero-order chi connectivity index (χ0) is 24.9. The van der Waals surface area contributed by atoms with E-state index in [0.717, 1.165) is 44.4 Å². The van der Waals surface area contributed by atoms with Crippen molar-refractivity contribution in [2.75, 3.05) is 19.0 Å². The highest BCUT2D eigenvalue weighted by atomic mass is 16.4. The Bertz CT molecular complexity index is 1340. The van der Waals surface area contributed by atoms with Crippen LogP contribution in [-0.4, -0.2) is 36.1 Å². The highest BCUT2D eigenvalue weighted by molar-refractivity contribution is 5.86. The van der Waals surface area contributed by atoms with Crippen LogP contribution in [0.3, 0.4) is 0 Å². The Morgan fingerprint density at radius 3 is 2.51 bits per heavy atom. The number of aryl methyl sites for hydroxylation is 2. The third kappa shape index (κ3) is 5.72. The first-order valence-electron chi connectivity index (χ1n) is 11.7. The van der Waals surface area contributed by atoms with Crippen LogP contribution in [0.15, 0.2) is 72.9 Å². The van der Waals surface area contributed by atoms with E-state index in [1.165, 1.54) is 0 Å². The van der Waals surface area contributed by atoms with Crippen molar-refractivity contribution in [3.8, 4) is 0 Å². The maximum absolute atomic E-state index is 13.3. The van der Waals surface area contributed by atoms with E-state index >= 15 is 0 Å². The summed E-state index contributed by atoms with van der Waals surface area (Å²) in [7, 11) is 4.02. The van der Waals surface area contributed by atoms with Gasteiger partial charge in [0.15, 0.2) is 0 Å². The minimum atomic E-state index is -0.824. The first-order valence-corrected chi connectivity index (χ1v) is 11.7. The molecule has 180 valence electrons. The van der Waals surface area contributed by atoms with Crippen LogP contribution in [0.4, 0.5) is 5.69 Å². The molecule has 35 heavy (non-hydrogen) atoms. The molecule has 0 bridgehead atoms. The normalized spacial score (nSPS) is 11.9. The second kappa shape index (κ2) is 10.5. The van der Waals surface area contributed by atoms with Crippen LogP contribution < -0.4 is 10.2 Å². The molecule has 0 aliphatic rings. The summed E-state index contributed by atoms with van der Waals surface area (Å²) < 4.78 is 0. The Hall–Kier alpha value is -4.06. The van der Waals surface area contributed by atoms with Crippen molar-refractivity contribution in [2.45, 2.75) is 32.2 Å². The quantitative estimate of drug-likeness (QED) is 0.322. The van der Waals surface area contributed by atoms with E-state index in [0.29, 0.717) is 6.42 Å². The van der Waals surface area contributed by atoms with Gasteiger partial charge in [-0.3, -0.25) is 9.59 Å². The van der Waals surface area contributed by atoms with E-state index < -0.39 is 5.97 Å². The molecule has 1 aromatic heterocycles. The van der Waals surface area contributed by atoms with Gasteiger partial charge in [0.1, 0.15) is 0 Å². The average molecular weight is 470 g/mol. The molecule has 1 atom stereocenters. The number of amides is 1. The predicted molar refractivity (Wildman–Crippen MR) is 140 cm³/mol. The predicted octanol–water partition coefficient (Wildman–Crippen LogP) is 5.01. The first-order chi connectivity index (χ1) is 16.8. The number of hydrogen-bond donors (Lipinski definition) is 3. The number of aromatic amines is 1. The Balaban J connectivity index is 1.60. The number of carboxylic acids is 1. The van der Waals surface area contributed by atoms with Gasteiger partial charge in [-0.2, -0.15) is 0 Å². The SMILES string of the molecule is Cc1ccc(C(NC(=O)Cc2ccc3[nH]cc(CCC(=O)O)c3c2)c2ccccc2)c(N(C)C)c1. The molecule has 0 spiro atoms. The molecule has 3 N–H and O–H groups in total. The second-order valence-corrected chi connectivity index (χ2v) is 9.13. The molecule has 3 aromatic carbocycles. The van der Waals surface area contributed by atoms with E-state index in [2.05, 4.69) is 40.3 Å². The molecule has 1 heterocycles. The summed E-state index contributed by atoms with van der Waals surface area (Å²) in [5.41, 5.74) is 7.05. The molecule has 0 aliphatic carbocycles. The zero-order valence-electron chi connectivity index (χ0n) is 20.3. The van der Waals surface area contributed by atoms with Gasteiger partial charge in [-0.25, -0.2) is 0 Å². The number of aliphatic carboxylic acids is 1. The number of carbonyl (C=O) groups is 2. The average Bonchev–Trinajstić information content (AvgIpc) is 3.24. The van der Waals surface area contributed by atoms with Crippen LogP contribution in [0.5, 0.6) is 0 Å². The molecular weight excluding hydrogens is 438 g/mol. The number of anilines is 1. The second-order valence-electron chi connectivity index (χ2n) is 9.13. The van der Waals surface area contributed by atoms with Crippen LogP contribution in [0.1, 0.15) is 40.3 Å². The largest absolute Gasteiger partial charge is 0.481 e. The molecule has 0 saturated carbocycles. The lowest BCUT2D eigenvalue weighted by atomic mass is 9.95. The standard InChI is InChI=1S/C29H31N3O3/c1-19-9-12-23(26(15-19)32(2)3)29(21-7-5-4-6-8-21)31-27(33)17-20-10-13-25-24(16-20)22(18-30-25)11-14-28(34)35/h4-10,12-13,15-16,18,29-30H,11,14,17H2,1-3H3,(H,31,33)(H,34,35). The lowest BCUT2D eigenvalue weighted by Crippen LogP contribution is -2.31. The summed E-state index contributed by atoms with van der Waals surface area (Å²) in [5, 5.41) is 13.3. The lowest BCUT2D eigenvalue weighted by Gasteiger charge is -2.26. The molecule has 4 rings (SSSR count). The van der Waals surface area contributed by atoms with Crippen molar-refractivity contribution in [1.82, 2.24) is 10.3 Å². The maximum Gasteiger partial charge on any atom is 0.303 e. The van der Waals surface area contributed by atoms with Crippen molar-refractivity contribution in [3.63, 3.8) is 0 Å². The number of benzene rings is 3. The van der Waals surface area contributed by atoms with E-state index in [4.69, 9.17) is 5.11 Å². The molecule has 1 amide bonds. The van der Waals surface area contributed by atoms with E-state index in [1.807, 2.05) is 68.8 Å². The third-order valence-corrected chi connectivity index (χ3v) is 6.22. The third-order valence-electron chi connectivity index (χ3n) is 6.22. The summed E-state index contributed by atoms with van der Waals surface area (Å²) in [6.45, 7) is 2.06. The molecule has 6 nitrogen and oxygen atoms in total. The fourth-order valence-electron chi connectivity index (χ4n) is 4.45. The smallest absolute Gasteiger partial charge is 0.303 e. The molecule has 0 aliphatic heterocycles. The minimum Gasteiger partial charge on any atom is -0.481 e. The van der Waals surface area contributed by atoms with Crippen LogP contribution in [0, 0.1) is 6.92 Å². The number of nitrogens with zero attached hydrogens (tertiary/aromatic N) is 1. The van der Waals surface area contributed by atoms with Crippen molar-refractivity contribution in [2.24, 2.45) is 0 Å². The first kappa shape index (κ1) is 24.1. The highest BCUT2D eigenvalue weighted by Gasteiger charge is 2.21. The fraction of sp³-hybridized carbons (Fsp3) is 0.241. The molecule has 0 radical (unpaired) electrons. The van der Waals surface area contributed by atoms with Gasteiger partial charge in [0, 0.05) is 48.9 Å². The maximum atomic E-state index is 13.3. The Morgan fingerprint density at radius 2 is 1.80 bits per heavy atom. The highest BCUT2D eigenvalue weighted by Crippen LogP contribution is 2.31. The van der Waals surface area contributed by atoms with Crippen molar-refractivity contribution < 1.29 is 14.7 Å². The topological polar surface area (TPSA) is 85.4 Å². The van der Waals surface area contributed by atoms with Gasteiger partial charge < -0.3 is 20.3 Å². The zero-order valence-corrected chi connectivity index (χ0v) is 20.3. The number of H-pyrrole nitrogens is 1. The fourth-order valence-corrected chi connectivity index (χ4v) is 4.45. The number of carbonyl (C=O) groups excluding carboxylic acids is 1. The van der Waals surface area contributed by atoms with Crippen LogP contribution >= 0.6 is 0 Å². The van der Waals surface area contributed by atoms with Crippen molar-refractivity contribution in [1.29, 1.82) is 0 Å². The summed E-state index contributed by atoms with van der Waals surface area (Å²) in [5.74, 6) is -0.902. The van der Waals surface area contributed by atoms with Crippen LogP contribution in [0.25, 0.3) is 10.9 Å². The van der Waals surface area contributed by atoms with E-state index in [9.17, 15) is 9.59 Å². The number of nitrogens with one attached hydrogen (secondary N) is 2. The van der Waals surface area contributed by atoms with Gasteiger partial charge in [-0.05, 0) is 53.8 Å². The number of aromatic nitrogens is 1. The lowest BCUT2D eigenvalue weighted by molar-refractivity contribution is -0.137. The van der Waals surface area contributed by atoms with Crippen molar-refractivity contribution >= 4 is 28.5 Å². The molecule has 1 unspecified atom stereocenters. The Morgan fingerprint density at radius 1 is 1.03 bits per heavy atom. The van der Waals surface area contributed by atoms with Crippen molar-refractivity contribution in [3.05, 3.63) is 101 Å². The molecular formula is C29H31N3O3. The summed E-state index contributed by atoms with van der Waals surface area (Å²) in [6, 6.07) is 21.9. The van der Waals surface area contributed by atoms with Crippen LogP contribution in [0.2, 0.25) is 0 Å². The van der Waals surface area contributed by atoms with Gasteiger partial charge in [-0.15, -0.1) is 0 Å². The monoisotopic (exact) mass is 469 g/mol. The Labute approximate surface area is 205 Å². The number of rotatable bonds is 9. The summed E-state index contributed by atoms with van der Waals surface area (Å²) in [6.07, 6.45) is 2.60. The van der Waals surface area contributed by atoms with Crippen LogP contribution in [-0.2, 0) is 22.4 Å². The molecule has 0 fully saturated rings. The molecule has 6 heteroatoms. The van der Waals surface area contributed by atoms with Gasteiger partial charge in [0.2, 0.25) is 5.91 Å². The number of fused-ring (bicyclic) bond motifs is 1. The van der Waals surface area contributed by atoms with Gasteiger partial charge >= 0.3 is 5.97 Å². The minimum absolute atomic E-state index is 0.0706. The van der Waals surface area contributed by atoms with Gasteiger partial charge in [-0.1, -0.05) is 48.5 Å². The number of carboxylic acid groups (broad SMARTS) is 1. The number of hydrogen-bond acceptors (Lipinski definition) is 3. The van der Waals surface area contributed by atoms with E-state index in [-0.39, 0.29) is 24.8 Å². The van der Waals surface area contributed by atoms with Gasteiger partial charge in [0.25, 0.3) is 0 Å². The Kier molecular flexibility index (Phi) is 7.20. The molecule has 0 saturated heterocycles. The van der Waals surface area contributed by atoms with Gasteiger partial charge in [0.05, 0.1) is 12.5 Å².